The van der Waals surface area contributed by atoms with E-state index in [9.17, 15) is 9.59 Å². The van der Waals surface area contributed by atoms with Crippen LogP contribution in [0.4, 0.5) is 0 Å². The second-order valence-electron chi connectivity index (χ2n) is 3.71. The van der Waals surface area contributed by atoms with Crippen molar-refractivity contribution in [3.63, 3.8) is 0 Å². The Hall–Kier alpha value is -1.32. The fraction of sp³-hybridized carbons (Fsp3) is 0.556. The van der Waals surface area contributed by atoms with Crippen LogP contribution in [0.3, 0.4) is 0 Å². The third-order valence-corrected chi connectivity index (χ3v) is 1.07. The van der Waals surface area contributed by atoms with Gasteiger partial charge in [0.1, 0.15) is 5.76 Å². The minimum Gasteiger partial charge on any atom is -0.433 e. The second kappa shape index (κ2) is 4.64. The first-order valence-electron chi connectivity index (χ1n) is 3.96. The van der Waals surface area contributed by atoms with Gasteiger partial charge in [-0.15, -0.1) is 0 Å². The number of amides is 1. The maximum absolute atomic E-state index is 11.2. The number of allylic oxidation sites excluding steroid dienone is 1. The van der Waals surface area contributed by atoms with Gasteiger partial charge >= 0.3 is 0 Å². The molecule has 0 heterocycles. The van der Waals surface area contributed by atoms with Crippen LogP contribution < -0.4 is 5.32 Å². The summed E-state index contributed by atoms with van der Waals surface area (Å²) < 4.78 is 4.45. The molecule has 0 fully saturated rings. The molecule has 0 bridgehead atoms. The number of hydrogen-bond donors (Lipinski definition) is 1. The van der Waals surface area contributed by atoms with Gasteiger partial charge in [-0.3, -0.25) is 9.59 Å². The van der Waals surface area contributed by atoms with Crippen LogP contribution in [0.2, 0.25) is 0 Å². The van der Waals surface area contributed by atoms with Crippen molar-refractivity contribution < 1.29 is 14.3 Å². The largest absolute Gasteiger partial charge is 0.433 e. The van der Waals surface area contributed by atoms with Gasteiger partial charge in [0, 0.05) is 11.6 Å². The van der Waals surface area contributed by atoms with Crippen molar-refractivity contribution in [2.75, 3.05) is 0 Å². The Morgan fingerprint density at radius 3 is 2.31 bits per heavy atom. The van der Waals surface area contributed by atoms with Crippen LogP contribution in [0.5, 0.6) is 0 Å². The predicted molar refractivity (Wildman–Crippen MR) is 48.8 cm³/mol. The van der Waals surface area contributed by atoms with Crippen LogP contribution in [0.25, 0.3) is 0 Å². The Morgan fingerprint density at radius 1 is 1.38 bits per heavy atom. The molecular formula is C9H15NO3. The Morgan fingerprint density at radius 2 is 1.92 bits per heavy atom. The van der Waals surface area contributed by atoms with E-state index in [2.05, 4.69) is 10.1 Å². The first-order valence-corrected chi connectivity index (χ1v) is 3.96. The lowest BCUT2D eigenvalue weighted by atomic mass is 10.1. The lowest BCUT2D eigenvalue weighted by molar-refractivity contribution is -0.125. The van der Waals surface area contributed by atoms with Crippen molar-refractivity contribution in [1.82, 2.24) is 5.32 Å². The van der Waals surface area contributed by atoms with Gasteiger partial charge in [-0.2, -0.15) is 0 Å². The van der Waals surface area contributed by atoms with Crippen molar-refractivity contribution in [2.45, 2.75) is 33.2 Å². The van der Waals surface area contributed by atoms with E-state index in [0.717, 1.165) is 0 Å². The standard InChI is InChI=1S/C9H15NO3/c1-7(13-6-11)5-8(12)10-9(2,3)4/h5-6H,1-4H3,(H,10,12). The number of hydrogen-bond acceptors (Lipinski definition) is 3. The quantitative estimate of drug-likeness (QED) is 0.405. The molecule has 4 nitrogen and oxygen atoms in total. The summed E-state index contributed by atoms with van der Waals surface area (Å²) in [5.74, 6) is 0.00333. The van der Waals surface area contributed by atoms with Crippen LogP contribution in [-0.2, 0) is 14.3 Å². The number of rotatable bonds is 3. The summed E-state index contributed by atoms with van der Waals surface area (Å²) in [4.78, 5) is 21.0. The molecule has 0 radical (unpaired) electrons. The summed E-state index contributed by atoms with van der Waals surface area (Å²) in [6.45, 7) is 7.44. The molecule has 1 amide bonds. The molecule has 4 heteroatoms. The molecule has 0 aromatic rings. The molecular weight excluding hydrogens is 170 g/mol. The topological polar surface area (TPSA) is 55.4 Å². The molecule has 13 heavy (non-hydrogen) atoms. The Bertz CT molecular complexity index is 226. The van der Waals surface area contributed by atoms with E-state index in [0.29, 0.717) is 0 Å². The van der Waals surface area contributed by atoms with Crippen molar-refractivity contribution in [3.05, 3.63) is 11.8 Å². The van der Waals surface area contributed by atoms with Gasteiger partial charge in [-0.1, -0.05) is 0 Å². The Balaban J connectivity index is 4.14. The van der Waals surface area contributed by atoms with Crippen molar-refractivity contribution >= 4 is 12.4 Å². The maximum atomic E-state index is 11.2. The molecule has 0 saturated carbocycles. The average Bonchev–Trinajstić information content (AvgIpc) is 1.81. The van der Waals surface area contributed by atoms with Gasteiger partial charge in [0.2, 0.25) is 5.91 Å². The van der Waals surface area contributed by atoms with Crippen molar-refractivity contribution in [3.8, 4) is 0 Å². The molecule has 0 aromatic heterocycles. The zero-order valence-corrected chi connectivity index (χ0v) is 8.38. The zero-order chi connectivity index (χ0) is 10.5. The van der Waals surface area contributed by atoms with Gasteiger partial charge in [0.05, 0.1) is 0 Å². The predicted octanol–water partition coefficient (Wildman–Crippen LogP) is 0.978. The summed E-state index contributed by atoms with van der Waals surface area (Å²) in [5, 5.41) is 2.70. The van der Waals surface area contributed by atoms with E-state index in [1.807, 2.05) is 20.8 Å². The van der Waals surface area contributed by atoms with Gasteiger partial charge in [0.25, 0.3) is 6.47 Å². The van der Waals surface area contributed by atoms with Gasteiger partial charge < -0.3 is 10.1 Å². The van der Waals surface area contributed by atoms with Gasteiger partial charge in [-0.05, 0) is 27.7 Å². The SMILES string of the molecule is CC(=CC(=O)NC(C)(C)C)OC=O. The summed E-state index contributed by atoms with van der Waals surface area (Å²) >= 11 is 0. The summed E-state index contributed by atoms with van der Waals surface area (Å²) in [5.41, 5.74) is -0.283. The number of carbonyl (C=O) groups excluding carboxylic acids is 2. The van der Waals surface area contributed by atoms with E-state index in [-0.39, 0.29) is 23.7 Å². The van der Waals surface area contributed by atoms with E-state index < -0.39 is 0 Å². The molecule has 74 valence electrons. The molecule has 0 aliphatic rings. The summed E-state index contributed by atoms with van der Waals surface area (Å²) in [6.07, 6.45) is 1.24. The van der Waals surface area contributed by atoms with Crippen molar-refractivity contribution in [1.29, 1.82) is 0 Å². The maximum Gasteiger partial charge on any atom is 0.298 e. The molecule has 0 spiro atoms. The highest BCUT2D eigenvalue weighted by Crippen LogP contribution is 1.99. The number of nitrogens with one attached hydrogen (secondary N) is 1. The van der Waals surface area contributed by atoms with Gasteiger partial charge in [-0.25, -0.2) is 0 Å². The number of carbonyl (C=O) groups is 2. The molecule has 0 aliphatic carbocycles. The fourth-order valence-electron chi connectivity index (χ4n) is 0.700. The van der Waals surface area contributed by atoms with E-state index in [4.69, 9.17) is 0 Å². The summed E-state index contributed by atoms with van der Waals surface area (Å²) in [7, 11) is 0. The molecule has 0 aliphatic heterocycles. The molecule has 0 saturated heterocycles. The normalized spacial score (nSPS) is 12.2. The first kappa shape index (κ1) is 11.7. The lowest BCUT2D eigenvalue weighted by Gasteiger charge is -2.19. The molecule has 0 rings (SSSR count). The van der Waals surface area contributed by atoms with E-state index in [1.54, 1.807) is 0 Å². The lowest BCUT2D eigenvalue weighted by Crippen LogP contribution is -2.39. The van der Waals surface area contributed by atoms with Gasteiger partial charge in [0.15, 0.2) is 0 Å². The van der Waals surface area contributed by atoms with Crippen molar-refractivity contribution in [2.24, 2.45) is 0 Å². The molecule has 0 atom stereocenters. The van der Waals surface area contributed by atoms with Crippen LogP contribution in [0.1, 0.15) is 27.7 Å². The minimum atomic E-state index is -0.283. The average molecular weight is 185 g/mol. The minimum absolute atomic E-state index is 0.271. The van der Waals surface area contributed by atoms with Crippen LogP contribution >= 0.6 is 0 Å². The highest BCUT2D eigenvalue weighted by molar-refractivity contribution is 5.88. The Labute approximate surface area is 78.0 Å². The fourth-order valence-corrected chi connectivity index (χ4v) is 0.700. The van der Waals surface area contributed by atoms with Crippen LogP contribution in [0.15, 0.2) is 11.8 Å². The highest BCUT2D eigenvalue weighted by Gasteiger charge is 2.11. The second-order valence-corrected chi connectivity index (χ2v) is 3.71. The third-order valence-electron chi connectivity index (χ3n) is 1.07. The highest BCUT2D eigenvalue weighted by atomic mass is 16.5. The zero-order valence-electron chi connectivity index (χ0n) is 8.38. The molecule has 1 N–H and O–H groups in total. The smallest absolute Gasteiger partial charge is 0.298 e. The first-order chi connectivity index (χ1) is 5.85. The molecule has 0 aromatic carbocycles. The third kappa shape index (κ3) is 7.05. The van der Waals surface area contributed by atoms with E-state index in [1.165, 1.54) is 13.0 Å². The van der Waals surface area contributed by atoms with E-state index >= 15 is 0 Å². The number of ether oxygens (including phenoxy) is 1. The summed E-state index contributed by atoms with van der Waals surface area (Å²) in [6, 6.07) is 0. The van der Waals surface area contributed by atoms with Crippen LogP contribution in [-0.4, -0.2) is 17.9 Å². The molecule has 0 unspecified atom stereocenters. The monoisotopic (exact) mass is 185 g/mol. The van der Waals surface area contributed by atoms with Crippen LogP contribution in [0, 0.1) is 0 Å². The Kier molecular flexibility index (Phi) is 4.17.